The monoisotopic (exact) mass is 294 g/mol. The third kappa shape index (κ3) is 1.74. The summed E-state index contributed by atoms with van der Waals surface area (Å²) in [6.07, 6.45) is 3.32. The molecule has 0 fully saturated rings. The van der Waals surface area contributed by atoms with Gasteiger partial charge < -0.3 is 4.57 Å². The van der Waals surface area contributed by atoms with Gasteiger partial charge in [-0.15, -0.1) is 5.10 Å². The summed E-state index contributed by atoms with van der Waals surface area (Å²) in [5.41, 5.74) is 2.08. The lowest BCUT2D eigenvalue weighted by Crippen LogP contribution is -2.10. The van der Waals surface area contributed by atoms with Crippen LogP contribution in [0, 0.1) is 5.82 Å². The van der Waals surface area contributed by atoms with Crippen LogP contribution in [0.3, 0.4) is 0 Å². The number of halogens is 1. The van der Waals surface area contributed by atoms with Crippen molar-refractivity contribution in [2.45, 2.75) is 0 Å². The molecule has 2 heterocycles. The highest BCUT2D eigenvalue weighted by atomic mass is 19.1. The zero-order valence-electron chi connectivity index (χ0n) is 11.7. The van der Waals surface area contributed by atoms with Gasteiger partial charge in [-0.3, -0.25) is 4.79 Å². The van der Waals surface area contributed by atoms with Gasteiger partial charge in [0.05, 0.1) is 29.1 Å². The lowest BCUT2D eigenvalue weighted by atomic mass is 10.1. The molecule has 108 valence electrons. The van der Waals surface area contributed by atoms with E-state index in [2.05, 4.69) is 10.3 Å². The van der Waals surface area contributed by atoms with E-state index < -0.39 is 5.82 Å². The second kappa shape index (κ2) is 4.49. The molecule has 6 heteroatoms. The molecule has 0 N–H and O–H groups in total. The number of fused-ring (bicyclic) bond motifs is 2. The molecule has 0 saturated heterocycles. The molecule has 0 spiro atoms. The van der Waals surface area contributed by atoms with Gasteiger partial charge in [-0.05, 0) is 36.4 Å². The minimum absolute atomic E-state index is 0.173. The number of pyridine rings is 1. The quantitative estimate of drug-likeness (QED) is 0.507. The standard InChI is InChI=1S/C16H11FN4O/c1-20-14-5-2-10(17)8-13(14)16(22)12-4-3-11(9-15(12)20)21-7-6-18-19-21/h2-9H,1H3. The van der Waals surface area contributed by atoms with Crippen LogP contribution in [-0.2, 0) is 7.05 Å². The van der Waals surface area contributed by atoms with Crippen molar-refractivity contribution in [1.82, 2.24) is 19.6 Å². The summed E-state index contributed by atoms with van der Waals surface area (Å²) >= 11 is 0. The smallest absolute Gasteiger partial charge is 0.197 e. The molecular formula is C16H11FN4O. The molecule has 2 aromatic heterocycles. The highest BCUT2D eigenvalue weighted by Gasteiger charge is 2.10. The van der Waals surface area contributed by atoms with Crippen molar-refractivity contribution in [2.24, 2.45) is 7.05 Å². The molecule has 2 aromatic carbocycles. The van der Waals surface area contributed by atoms with Gasteiger partial charge in [0.2, 0.25) is 0 Å². The van der Waals surface area contributed by atoms with Crippen molar-refractivity contribution >= 4 is 21.8 Å². The van der Waals surface area contributed by atoms with E-state index in [0.717, 1.165) is 11.2 Å². The molecule has 0 amide bonds. The second-order valence-corrected chi connectivity index (χ2v) is 5.10. The van der Waals surface area contributed by atoms with Crippen molar-refractivity contribution in [1.29, 1.82) is 0 Å². The van der Waals surface area contributed by atoms with Crippen molar-refractivity contribution in [3.63, 3.8) is 0 Å². The van der Waals surface area contributed by atoms with Crippen LogP contribution >= 0.6 is 0 Å². The normalized spacial score (nSPS) is 11.4. The number of hydrogen-bond donors (Lipinski definition) is 0. The Balaban J connectivity index is 2.13. The number of aromatic nitrogens is 4. The van der Waals surface area contributed by atoms with E-state index in [9.17, 15) is 9.18 Å². The lowest BCUT2D eigenvalue weighted by Gasteiger charge is -2.11. The summed E-state index contributed by atoms with van der Waals surface area (Å²) < 4.78 is 16.9. The molecule has 0 aliphatic rings. The minimum Gasteiger partial charge on any atom is -0.343 e. The number of nitrogens with zero attached hydrogens (tertiary/aromatic N) is 4. The Morgan fingerprint density at radius 3 is 2.68 bits per heavy atom. The fourth-order valence-corrected chi connectivity index (χ4v) is 2.74. The number of benzene rings is 2. The Bertz CT molecular complexity index is 1070. The van der Waals surface area contributed by atoms with Crippen LogP contribution in [0.2, 0.25) is 0 Å². The zero-order chi connectivity index (χ0) is 15.3. The van der Waals surface area contributed by atoms with E-state index >= 15 is 0 Å². The molecule has 0 saturated carbocycles. The maximum absolute atomic E-state index is 13.4. The molecule has 5 nitrogen and oxygen atoms in total. The largest absolute Gasteiger partial charge is 0.343 e. The predicted molar refractivity (Wildman–Crippen MR) is 81.6 cm³/mol. The maximum Gasteiger partial charge on any atom is 0.197 e. The summed E-state index contributed by atoms with van der Waals surface area (Å²) in [5, 5.41) is 8.65. The van der Waals surface area contributed by atoms with E-state index in [4.69, 9.17) is 0 Å². The molecule has 0 bridgehead atoms. The summed E-state index contributed by atoms with van der Waals surface area (Å²) in [7, 11) is 1.85. The molecule has 0 radical (unpaired) electrons. The molecule has 0 unspecified atom stereocenters. The average molecular weight is 294 g/mol. The van der Waals surface area contributed by atoms with Crippen LogP contribution in [0.5, 0.6) is 0 Å². The summed E-state index contributed by atoms with van der Waals surface area (Å²) in [6.45, 7) is 0. The Hall–Kier alpha value is -3.02. The van der Waals surface area contributed by atoms with E-state index in [-0.39, 0.29) is 5.43 Å². The summed E-state index contributed by atoms with van der Waals surface area (Å²) in [5.74, 6) is -0.414. The SMILES string of the molecule is Cn1c2ccc(F)cc2c(=O)c2ccc(-n3ccnn3)cc21. The Labute approximate surface area is 124 Å². The molecular weight excluding hydrogens is 283 g/mol. The fraction of sp³-hybridized carbons (Fsp3) is 0.0625. The maximum atomic E-state index is 13.4. The molecule has 0 aliphatic heterocycles. The third-order valence-corrected chi connectivity index (χ3v) is 3.84. The first-order valence-electron chi connectivity index (χ1n) is 6.74. The van der Waals surface area contributed by atoms with Gasteiger partial charge in [-0.2, -0.15) is 0 Å². The van der Waals surface area contributed by atoms with E-state index in [1.807, 2.05) is 17.7 Å². The number of hydrogen-bond acceptors (Lipinski definition) is 3. The first-order valence-corrected chi connectivity index (χ1v) is 6.74. The number of rotatable bonds is 1. The van der Waals surface area contributed by atoms with E-state index in [1.54, 1.807) is 35.3 Å². The molecule has 0 aliphatic carbocycles. The lowest BCUT2D eigenvalue weighted by molar-refractivity contribution is 0.629. The van der Waals surface area contributed by atoms with E-state index in [0.29, 0.717) is 16.3 Å². The zero-order valence-corrected chi connectivity index (χ0v) is 11.7. The van der Waals surface area contributed by atoms with E-state index in [1.165, 1.54) is 12.1 Å². The van der Waals surface area contributed by atoms with Gasteiger partial charge in [0, 0.05) is 17.8 Å². The molecule has 4 rings (SSSR count). The first kappa shape index (κ1) is 12.7. The van der Waals surface area contributed by atoms with Gasteiger partial charge in [0.25, 0.3) is 0 Å². The van der Waals surface area contributed by atoms with Gasteiger partial charge in [0.15, 0.2) is 5.43 Å². The van der Waals surface area contributed by atoms with Crippen LogP contribution in [0.15, 0.2) is 53.6 Å². The topological polar surface area (TPSA) is 52.7 Å². The minimum atomic E-state index is -0.414. The first-order chi connectivity index (χ1) is 10.6. The summed E-state index contributed by atoms with van der Waals surface area (Å²) in [6, 6.07) is 9.65. The van der Waals surface area contributed by atoms with Gasteiger partial charge in [-0.1, -0.05) is 5.21 Å². The molecule has 0 atom stereocenters. The van der Waals surface area contributed by atoms with Gasteiger partial charge in [-0.25, -0.2) is 9.07 Å². The Morgan fingerprint density at radius 1 is 1.05 bits per heavy atom. The van der Waals surface area contributed by atoms with Crippen LogP contribution in [0.4, 0.5) is 4.39 Å². The highest BCUT2D eigenvalue weighted by molar-refractivity contribution is 5.94. The van der Waals surface area contributed by atoms with Crippen LogP contribution in [0.1, 0.15) is 0 Å². The van der Waals surface area contributed by atoms with Crippen LogP contribution < -0.4 is 5.43 Å². The second-order valence-electron chi connectivity index (χ2n) is 5.10. The van der Waals surface area contributed by atoms with Crippen molar-refractivity contribution in [3.8, 4) is 5.69 Å². The Kier molecular flexibility index (Phi) is 2.59. The fourth-order valence-electron chi connectivity index (χ4n) is 2.74. The molecule has 4 aromatic rings. The van der Waals surface area contributed by atoms with Crippen LogP contribution in [-0.4, -0.2) is 19.6 Å². The van der Waals surface area contributed by atoms with Gasteiger partial charge >= 0.3 is 0 Å². The summed E-state index contributed by atoms with van der Waals surface area (Å²) in [4.78, 5) is 12.6. The van der Waals surface area contributed by atoms with Gasteiger partial charge in [0.1, 0.15) is 5.82 Å². The third-order valence-electron chi connectivity index (χ3n) is 3.84. The highest BCUT2D eigenvalue weighted by Crippen LogP contribution is 2.21. The average Bonchev–Trinajstić information content (AvgIpc) is 3.06. The van der Waals surface area contributed by atoms with Crippen molar-refractivity contribution < 1.29 is 4.39 Å². The van der Waals surface area contributed by atoms with Crippen molar-refractivity contribution in [3.05, 3.63) is 64.8 Å². The predicted octanol–water partition coefficient (Wildman–Crippen LogP) is 2.41. The van der Waals surface area contributed by atoms with Crippen LogP contribution in [0.25, 0.3) is 27.5 Å². The van der Waals surface area contributed by atoms with Crippen molar-refractivity contribution in [2.75, 3.05) is 0 Å². The Morgan fingerprint density at radius 2 is 1.91 bits per heavy atom. The molecule has 22 heavy (non-hydrogen) atoms. The number of aryl methyl sites for hydroxylation is 1.